The van der Waals surface area contributed by atoms with Crippen LogP contribution in [-0.2, 0) is 9.53 Å². The Balaban J connectivity index is 2.40. The number of carbonyl (C=O) groups excluding carboxylic acids is 1. The molecule has 1 unspecified atom stereocenters. The summed E-state index contributed by atoms with van der Waals surface area (Å²) in [5.41, 5.74) is 0. The highest BCUT2D eigenvalue weighted by atomic mass is 16.5. The van der Waals surface area contributed by atoms with E-state index >= 15 is 0 Å². The molecule has 1 rings (SSSR count). The Kier molecular flexibility index (Phi) is 3.09. The minimum Gasteiger partial charge on any atom is -0.356 e. The number of nitrogens with zero attached hydrogens (tertiary/aromatic N) is 1. The molecule has 70 valence electrons. The van der Waals surface area contributed by atoms with Gasteiger partial charge in [-0.05, 0) is 27.2 Å². The van der Waals surface area contributed by atoms with Crippen LogP contribution in [0, 0.1) is 0 Å². The fourth-order valence-corrected chi connectivity index (χ4v) is 1.52. The van der Waals surface area contributed by atoms with E-state index in [2.05, 4.69) is 0 Å². The summed E-state index contributed by atoms with van der Waals surface area (Å²) in [4.78, 5) is 13.0. The third-order valence-electron chi connectivity index (χ3n) is 2.02. The first-order valence-electron chi connectivity index (χ1n) is 4.56. The summed E-state index contributed by atoms with van der Waals surface area (Å²) in [5, 5.41) is 0. The topological polar surface area (TPSA) is 29.5 Å². The standard InChI is InChI=1S/C9H17NO2/c1-7(2)12-8(3)10-6-4-5-9(10)11/h7-8H,4-6H2,1-3H3. The van der Waals surface area contributed by atoms with E-state index in [1.807, 2.05) is 20.8 Å². The molecule has 1 fully saturated rings. The molecule has 1 aliphatic rings. The number of hydrogen-bond acceptors (Lipinski definition) is 2. The van der Waals surface area contributed by atoms with Crippen LogP contribution in [0.3, 0.4) is 0 Å². The van der Waals surface area contributed by atoms with Crippen molar-refractivity contribution in [2.45, 2.75) is 45.9 Å². The summed E-state index contributed by atoms with van der Waals surface area (Å²) >= 11 is 0. The van der Waals surface area contributed by atoms with E-state index in [-0.39, 0.29) is 18.2 Å². The Morgan fingerprint density at radius 3 is 2.50 bits per heavy atom. The normalized spacial score (nSPS) is 20.7. The van der Waals surface area contributed by atoms with Crippen molar-refractivity contribution in [3.63, 3.8) is 0 Å². The summed E-state index contributed by atoms with van der Waals surface area (Å²) in [6, 6.07) is 0. The van der Waals surface area contributed by atoms with Gasteiger partial charge >= 0.3 is 0 Å². The number of rotatable bonds is 3. The van der Waals surface area contributed by atoms with Gasteiger partial charge in [-0.1, -0.05) is 0 Å². The van der Waals surface area contributed by atoms with Gasteiger partial charge in [-0.2, -0.15) is 0 Å². The van der Waals surface area contributed by atoms with Gasteiger partial charge in [0.15, 0.2) is 0 Å². The van der Waals surface area contributed by atoms with Crippen molar-refractivity contribution in [2.24, 2.45) is 0 Å². The third kappa shape index (κ3) is 2.21. The van der Waals surface area contributed by atoms with Crippen LogP contribution in [-0.4, -0.2) is 29.7 Å². The number of ether oxygens (including phenoxy) is 1. The first kappa shape index (κ1) is 9.52. The molecule has 0 saturated carbocycles. The van der Waals surface area contributed by atoms with Gasteiger partial charge in [-0.3, -0.25) is 4.79 Å². The predicted octanol–water partition coefficient (Wildman–Crippen LogP) is 1.38. The second kappa shape index (κ2) is 3.90. The van der Waals surface area contributed by atoms with E-state index in [1.54, 1.807) is 4.90 Å². The van der Waals surface area contributed by atoms with Gasteiger partial charge in [0.1, 0.15) is 6.23 Å². The van der Waals surface area contributed by atoms with Crippen molar-refractivity contribution >= 4 is 5.91 Å². The molecule has 1 saturated heterocycles. The molecule has 0 spiro atoms. The van der Waals surface area contributed by atoms with Crippen LogP contribution in [0.2, 0.25) is 0 Å². The van der Waals surface area contributed by atoms with Crippen molar-refractivity contribution in [1.82, 2.24) is 4.90 Å². The maximum atomic E-state index is 11.2. The number of amides is 1. The largest absolute Gasteiger partial charge is 0.356 e. The molecule has 0 aromatic carbocycles. The van der Waals surface area contributed by atoms with Crippen LogP contribution in [0.25, 0.3) is 0 Å². The van der Waals surface area contributed by atoms with Gasteiger partial charge < -0.3 is 9.64 Å². The molecule has 3 heteroatoms. The molecule has 0 aliphatic carbocycles. The number of hydrogen-bond donors (Lipinski definition) is 0. The molecular weight excluding hydrogens is 154 g/mol. The minimum atomic E-state index is -0.0556. The van der Waals surface area contributed by atoms with Gasteiger partial charge in [0.05, 0.1) is 6.10 Å². The molecule has 12 heavy (non-hydrogen) atoms. The van der Waals surface area contributed by atoms with Gasteiger partial charge in [0.2, 0.25) is 5.91 Å². The molecule has 1 aliphatic heterocycles. The SMILES string of the molecule is CC(C)OC(C)N1CCCC1=O. The van der Waals surface area contributed by atoms with Crippen molar-refractivity contribution in [2.75, 3.05) is 6.54 Å². The molecule has 0 aromatic rings. The first-order valence-corrected chi connectivity index (χ1v) is 4.56. The lowest BCUT2D eigenvalue weighted by atomic mass is 10.4. The maximum Gasteiger partial charge on any atom is 0.224 e. The highest BCUT2D eigenvalue weighted by Gasteiger charge is 2.25. The Morgan fingerprint density at radius 2 is 2.08 bits per heavy atom. The van der Waals surface area contributed by atoms with Crippen LogP contribution in [0.1, 0.15) is 33.6 Å². The van der Waals surface area contributed by atoms with Crippen molar-refractivity contribution in [3.05, 3.63) is 0 Å². The molecule has 0 radical (unpaired) electrons. The number of likely N-dealkylation sites (tertiary alicyclic amines) is 1. The molecule has 0 aromatic heterocycles. The van der Waals surface area contributed by atoms with Crippen molar-refractivity contribution in [3.8, 4) is 0 Å². The third-order valence-corrected chi connectivity index (χ3v) is 2.02. The zero-order valence-electron chi connectivity index (χ0n) is 8.04. The van der Waals surface area contributed by atoms with E-state index in [1.165, 1.54) is 0 Å². The van der Waals surface area contributed by atoms with E-state index < -0.39 is 0 Å². The Bertz CT molecular complexity index is 168. The second-order valence-corrected chi connectivity index (χ2v) is 3.47. The Labute approximate surface area is 73.7 Å². The molecule has 3 nitrogen and oxygen atoms in total. The molecule has 1 amide bonds. The summed E-state index contributed by atoms with van der Waals surface area (Å²) in [5.74, 6) is 0.225. The monoisotopic (exact) mass is 171 g/mol. The van der Waals surface area contributed by atoms with Crippen LogP contribution in [0.4, 0.5) is 0 Å². The first-order chi connectivity index (χ1) is 5.61. The molecular formula is C9H17NO2. The highest BCUT2D eigenvalue weighted by Crippen LogP contribution is 2.14. The predicted molar refractivity (Wildman–Crippen MR) is 46.6 cm³/mol. The van der Waals surface area contributed by atoms with Crippen molar-refractivity contribution in [1.29, 1.82) is 0 Å². The summed E-state index contributed by atoms with van der Waals surface area (Å²) in [6.07, 6.45) is 1.80. The fourth-order valence-electron chi connectivity index (χ4n) is 1.52. The van der Waals surface area contributed by atoms with E-state index in [0.717, 1.165) is 13.0 Å². The second-order valence-electron chi connectivity index (χ2n) is 3.47. The average molecular weight is 171 g/mol. The van der Waals surface area contributed by atoms with E-state index in [0.29, 0.717) is 6.42 Å². The lowest BCUT2D eigenvalue weighted by Gasteiger charge is -2.25. The fraction of sp³-hybridized carbons (Fsp3) is 0.889. The van der Waals surface area contributed by atoms with Gasteiger partial charge in [-0.15, -0.1) is 0 Å². The lowest BCUT2D eigenvalue weighted by Crippen LogP contribution is -2.37. The van der Waals surface area contributed by atoms with Crippen LogP contribution >= 0.6 is 0 Å². The van der Waals surface area contributed by atoms with Crippen LogP contribution < -0.4 is 0 Å². The summed E-state index contributed by atoms with van der Waals surface area (Å²) in [7, 11) is 0. The Hall–Kier alpha value is -0.570. The lowest BCUT2D eigenvalue weighted by molar-refractivity contribution is -0.142. The molecule has 1 atom stereocenters. The quantitative estimate of drug-likeness (QED) is 0.642. The van der Waals surface area contributed by atoms with Crippen LogP contribution in [0.5, 0.6) is 0 Å². The van der Waals surface area contributed by atoms with Gasteiger partial charge in [-0.25, -0.2) is 0 Å². The zero-order chi connectivity index (χ0) is 9.14. The van der Waals surface area contributed by atoms with Gasteiger partial charge in [0, 0.05) is 13.0 Å². The zero-order valence-corrected chi connectivity index (χ0v) is 8.04. The summed E-state index contributed by atoms with van der Waals surface area (Å²) in [6.45, 7) is 6.75. The van der Waals surface area contributed by atoms with Gasteiger partial charge in [0.25, 0.3) is 0 Å². The summed E-state index contributed by atoms with van der Waals surface area (Å²) < 4.78 is 5.51. The minimum absolute atomic E-state index is 0.0556. The van der Waals surface area contributed by atoms with E-state index in [9.17, 15) is 4.79 Å². The molecule has 0 N–H and O–H groups in total. The highest BCUT2D eigenvalue weighted by molar-refractivity contribution is 5.78. The number of carbonyl (C=O) groups is 1. The smallest absolute Gasteiger partial charge is 0.224 e. The van der Waals surface area contributed by atoms with E-state index in [4.69, 9.17) is 4.74 Å². The molecule has 0 bridgehead atoms. The maximum absolute atomic E-state index is 11.2. The Morgan fingerprint density at radius 1 is 1.42 bits per heavy atom. The van der Waals surface area contributed by atoms with Crippen molar-refractivity contribution < 1.29 is 9.53 Å². The average Bonchev–Trinajstić information content (AvgIpc) is 2.33. The van der Waals surface area contributed by atoms with Crippen LogP contribution in [0.15, 0.2) is 0 Å². The molecule has 1 heterocycles.